The van der Waals surface area contributed by atoms with Gasteiger partial charge < -0.3 is 26.6 Å². The van der Waals surface area contributed by atoms with E-state index in [1.54, 1.807) is 0 Å². The number of amides is 4. The minimum Gasteiger partial charge on any atom is -0.435 e. The van der Waals surface area contributed by atoms with E-state index in [9.17, 15) is 29.4 Å². The van der Waals surface area contributed by atoms with Crippen LogP contribution in [0.5, 0.6) is 0 Å². The zero-order chi connectivity index (χ0) is 28.4. The first-order valence-corrected chi connectivity index (χ1v) is 13.3. The molecule has 210 valence electrons. The molecule has 1 aliphatic heterocycles. The molecule has 10 nitrogen and oxygen atoms in total. The Morgan fingerprint density at radius 2 is 1.62 bits per heavy atom. The van der Waals surface area contributed by atoms with Gasteiger partial charge >= 0.3 is 6.09 Å². The number of benzene rings is 2. The van der Waals surface area contributed by atoms with Crippen LogP contribution in [0.15, 0.2) is 60.7 Å². The fourth-order valence-electron chi connectivity index (χ4n) is 5.25. The third-order valence-electron chi connectivity index (χ3n) is 7.55. The van der Waals surface area contributed by atoms with Crippen molar-refractivity contribution >= 4 is 23.8 Å². The summed E-state index contributed by atoms with van der Waals surface area (Å²) in [5.41, 5.74) is 7.16. The largest absolute Gasteiger partial charge is 0.513 e. The molecule has 0 saturated carbocycles. The molecule has 1 aliphatic rings. The first kappa shape index (κ1) is 29.8. The molecule has 0 aromatic heterocycles. The molecular formula is C29H39N4O6+. The van der Waals surface area contributed by atoms with Crippen molar-refractivity contribution < 1.29 is 33.9 Å². The summed E-state index contributed by atoms with van der Waals surface area (Å²) in [6.45, 7) is 2.16. The van der Waals surface area contributed by atoms with Gasteiger partial charge in [0.05, 0.1) is 25.0 Å². The number of hydrogen-bond acceptors (Lipinski definition) is 5. The van der Waals surface area contributed by atoms with Gasteiger partial charge in [-0.05, 0) is 30.9 Å². The average molecular weight is 540 g/mol. The lowest BCUT2D eigenvalue weighted by molar-refractivity contribution is -0.870. The lowest BCUT2D eigenvalue weighted by Crippen LogP contribution is -2.62. The number of quaternary nitrogens is 1. The maximum Gasteiger partial charge on any atom is 0.513 e. The number of carboxylic acid groups (broad SMARTS) is 1. The van der Waals surface area contributed by atoms with E-state index >= 15 is 0 Å². The van der Waals surface area contributed by atoms with Crippen LogP contribution < -0.4 is 16.4 Å². The number of nitrogens with two attached hydrogens (primary N) is 1. The number of carbonyl (C=O) groups is 4. The van der Waals surface area contributed by atoms with Crippen molar-refractivity contribution in [2.45, 2.75) is 69.7 Å². The van der Waals surface area contributed by atoms with Crippen LogP contribution in [-0.2, 0) is 27.2 Å². The van der Waals surface area contributed by atoms with Crippen LogP contribution in [0.25, 0.3) is 0 Å². The molecule has 6 N–H and O–H groups in total. The molecule has 2 aromatic rings. The van der Waals surface area contributed by atoms with Gasteiger partial charge in [0.2, 0.25) is 17.7 Å². The van der Waals surface area contributed by atoms with Gasteiger partial charge in [-0.15, -0.1) is 0 Å². The number of aliphatic hydroxyl groups excluding tert-OH is 1. The zero-order valence-electron chi connectivity index (χ0n) is 22.3. The van der Waals surface area contributed by atoms with E-state index < -0.39 is 48.4 Å². The number of rotatable bonds is 13. The van der Waals surface area contributed by atoms with Crippen LogP contribution in [-0.4, -0.2) is 75.8 Å². The Balaban J connectivity index is 1.75. The third-order valence-corrected chi connectivity index (χ3v) is 7.55. The summed E-state index contributed by atoms with van der Waals surface area (Å²) in [4.78, 5) is 50.0. The molecule has 2 aromatic carbocycles. The summed E-state index contributed by atoms with van der Waals surface area (Å²) in [6, 6.07) is 16.3. The molecule has 0 bridgehead atoms. The SMILES string of the molecule is C[C@@H]1CCC[N+]1(C[C@@H](O)[C@H](Cc1ccccc1)NC(=O)[C@H](CC(N)=O)NC(=O)CCc1ccccc1)C(=O)O. The number of nitrogens with zero attached hydrogens (tertiary/aromatic N) is 1. The van der Waals surface area contributed by atoms with Gasteiger partial charge in [0.15, 0.2) is 0 Å². The Kier molecular flexibility index (Phi) is 10.6. The van der Waals surface area contributed by atoms with Crippen molar-refractivity contribution in [1.29, 1.82) is 0 Å². The van der Waals surface area contributed by atoms with E-state index in [0.29, 0.717) is 13.0 Å². The number of primary amides is 1. The molecule has 1 unspecified atom stereocenters. The maximum absolute atomic E-state index is 13.3. The minimum atomic E-state index is -1.23. The van der Waals surface area contributed by atoms with Crippen molar-refractivity contribution in [2.75, 3.05) is 13.1 Å². The number of hydrogen-bond donors (Lipinski definition) is 5. The Bertz CT molecular complexity index is 1130. The Hall–Kier alpha value is -3.76. The van der Waals surface area contributed by atoms with Crippen LogP contribution in [0.2, 0.25) is 0 Å². The van der Waals surface area contributed by atoms with Gasteiger partial charge in [-0.25, -0.2) is 4.48 Å². The molecule has 1 saturated heterocycles. The van der Waals surface area contributed by atoms with Crippen molar-refractivity contribution in [1.82, 2.24) is 10.6 Å². The highest BCUT2D eigenvalue weighted by Crippen LogP contribution is 2.28. The fraction of sp³-hybridized carbons (Fsp3) is 0.448. The number of nitrogens with one attached hydrogen (secondary N) is 2. The topological polar surface area (TPSA) is 159 Å². The Labute approximate surface area is 228 Å². The van der Waals surface area contributed by atoms with Crippen LogP contribution in [0, 0.1) is 0 Å². The summed E-state index contributed by atoms with van der Waals surface area (Å²) in [7, 11) is 0. The highest BCUT2D eigenvalue weighted by atomic mass is 16.4. The summed E-state index contributed by atoms with van der Waals surface area (Å²) in [5, 5.41) is 26.7. The number of aryl methyl sites for hydroxylation is 1. The highest BCUT2D eigenvalue weighted by Gasteiger charge is 2.48. The van der Waals surface area contributed by atoms with Crippen molar-refractivity contribution in [2.24, 2.45) is 5.73 Å². The molecule has 0 aliphatic carbocycles. The molecule has 10 heteroatoms. The second-order valence-corrected chi connectivity index (χ2v) is 10.4. The van der Waals surface area contributed by atoms with E-state index in [1.807, 2.05) is 67.6 Å². The third kappa shape index (κ3) is 8.36. The van der Waals surface area contributed by atoms with Crippen molar-refractivity contribution in [3.05, 3.63) is 71.8 Å². The van der Waals surface area contributed by atoms with Crippen LogP contribution in [0.1, 0.15) is 43.7 Å². The summed E-state index contributed by atoms with van der Waals surface area (Å²) >= 11 is 0. The van der Waals surface area contributed by atoms with Gasteiger partial charge in [0, 0.05) is 19.3 Å². The summed E-state index contributed by atoms with van der Waals surface area (Å²) < 4.78 is -0.288. The number of carbonyl (C=O) groups excluding carboxylic acids is 3. The molecule has 0 radical (unpaired) electrons. The summed E-state index contributed by atoms with van der Waals surface area (Å²) in [5.74, 6) is -1.85. The van der Waals surface area contributed by atoms with Gasteiger partial charge in [-0.1, -0.05) is 60.7 Å². The van der Waals surface area contributed by atoms with Crippen molar-refractivity contribution in [3.63, 3.8) is 0 Å². The molecular weight excluding hydrogens is 500 g/mol. The quantitative estimate of drug-likeness (QED) is 0.244. The second-order valence-electron chi connectivity index (χ2n) is 10.4. The molecule has 1 heterocycles. The van der Waals surface area contributed by atoms with Crippen LogP contribution in [0.3, 0.4) is 0 Å². The van der Waals surface area contributed by atoms with Gasteiger partial charge in [-0.2, -0.15) is 4.79 Å². The van der Waals surface area contributed by atoms with Gasteiger partial charge in [-0.3, -0.25) is 14.4 Å². The predicted molar refractivity (Wildman–Crippen MR) is 145 cm³/mol. The normalized spacial score (nSPS) is 20.9. The zero-order valence-corrected chi connectivity index (χ0v) is 22.3. The molecule has 0 spiro atoms. The molecule has 1 fully saturated rings. The van der Waals surface area contributed by atoms with E-state index in [0.717, 1.165) is 24.0 Å². The Morgan fingerprint density at radius 3 is 2.15 bits per heavy atom. The van der Waals surface area contributed by atoms with Gasteiger partial charge in [0.25, 0.3) is 0 Å². The van der Waals surface area contributed by atoms with E-state index in [-0.39, 0.29) is 29.9 Å². The monoisotopic (exact) mass is 539 g/mol. The average Bonchev–Trinajstić information content (AvgIpc) is 3.28. The molecule has 5 atom stereocenters. The molecule has 4 amide bonds. The molecule has 3 rings (SSSR count). The van der Waals surface area contributed by atoms with E-state index in [4.69, 9.17) is 5.73 Å². The minimum absolute atomic E-state index is 0.0851. The number of aliphatic hydroxyl groups is 1. The summed E-state index contributed by atoms with van der Waals surface area (Å²) in [6.07, 6.45) is -0.374. The first-order chi connectivity index (χ1) is 18.6. The lowest BCUT2D eigenvalue weighted by atomic mass is 9.99. The maximum atomic E-state index is 13.3. The standard InChI is InChI=1S/C29H38N4O6/c1-20-9-8-16-33(20,29(38)39)19-25(34)23(17-22-12-6-3-7-13-22)32-28(37)24(18-26(30)35)31-27(36)15-14-21-10-4-2-5-11-21/h2-7,10-13,20,23-25,34H,8-9,14-19H2,1H3,(H4-,30,31,32,35,36,37,38,39)/p+1/t20-,23+,24+,25-,33?/m1/s1. The lowest BCUT2D eigenvalue weighted by Gasteiger charge is -2.36. The van der Waals surface area contributed by atoms with E-state index in [1.165, 1.54) is 0 Å². The Morgan fingerprint density at radius 1 is 1.00 bits per heavy atom. The molecule has 39 heavy (non-hydrogen) atoms. The van der Waals surface area contributed by atoms with Crippen LogP contribution >= 0.6 is 0 Å². The predicted octanol–water partition coefficient (Wildman–Crippen LogP) is 1.74. The van der Waals surface area contributed by atoms with E-state index in [2.05, 4.69) is 10.6 Å². The fourth-order valence-corrected chi connectivity index (χ4v) is 5.25. The van der Waals surface area contributed by atoms with Crippen molar-refractivity contribution in [3.8, 4) is 0 Å². The second kappa shape index (κ2) is 13.9. The van der Waals surface area contributed by atoms with Gasteiger partial charge in [0.1, 0.15) is 18.7 Å². The smallest absolute Gasteiger partial charge is 0.435 e. The first-order valence-electron chi connectivity index (χ1n) is 13.3. The van der Waals surface area contributed by atoms with Crippen LogP contribution in [0.4, 0.5) is 4.79 Å². The number of likely N-dealkylation sites (tertiary alicyclic amines) is 1. The highest BCUT2D eigenvalue weighted by molar-refractivity contribution is 5.91.